The molecule has 0 unspecified atom stereocenters. The Kier molecular flexibility index (Phi) is 6.75. The predicted molar refractivity (Wildman–Crippen MR) is 155 cm³/mol. The number of nitrogens with zero attached hydrogens (tertiary/aromatic N) is 8. The molecule has 212 valence electrons. The summed E-state index contributed by atoms with van der Waals surface area (Å²) in [5, 5.41) is 9.01. The third-order valence-electron chi connectivity index (χ3n) is 8.20. The van der Waals surface area contributed by atoms with E-state index < -0.39 is 0 Å². The topological polar surface area (TPSA) is 106 Å². The van der Waals surface area contributed by atoms with E-state index in [0.29, 0.717) is 62.0 Å². The lowest BCUT2D eigenvalue weighted by molar-refractivity contribution is -0.131. The zero-order valence-corrected chi connectivity index (χ0v) is 24.1. The summed E-state index contributed by atoms with van der Waals surface area (Å²) in [6.45, 7) is 10.6. The summed E-state index contributed by atoms with van der Waals surface area (Å²) in [4.78, 5) is 40.2. The first kappa shape index (κ1) is 26.3. The van der Waals surface area contributed by atoms with Gasteiger partial charge in [0.15, 0.2) is 11.6 Å². The van der Waals surface area contributed by atoms with E-state index in [2.05, 4.69) is 37.9 Å². The van der Waals surface area contributed by atoms with Crippen molar-refractivity contribution in [1.29, 1.82) is 0 Å². The third kappa shape index (κ3) is 4.50. The Morgan fingerprint density at radius 2 is 1.73 bits per heavy atom. The van der Waals surface area contributed by atoms with Crippen molar-refractivity contribution >= 4 is 45.5 Å². The van der Waals surface area contributed by atoms with Gasteiger partial charge in [-0.3, -0.25) is 14.3 Å². The molecule has 0 atom stereocenters. The van der Waals surface area contributed by atoms with Crippen LogP contribution in [0, 0.1) is 0 Å². The molecule has 0 spiro atoms. The number of carbonyl (C=O) groups excluding carboxylic acids is 2. The average Bonchev–Trinajstić information content (AvgIpc) is 3.85. The monoisotopic (exact) mass is 545 g/mol. The number of hydrogen-bond donors (Lipinski definition) is 1. The summed E-state index contributed by atoms with van der Waals surface area (Å²) in [7, 11) is 1.97. The Morgan fingerprint density at radius 1 is 1.02 bits per heavy atom. The van der Waals surface area contributed by atoms with Crippen molar-refractivity contribution in [2.24, 2.45) is 7.05 Å². The fraction of sp³-hybridized carbons (Fsp3) is 0.552. The van der Waals surface area contributed by atoms with Gasteiger partial charge < -0.3 is 24.3 Å². The maximum atomic E-state index is 13.4. The number of hydrogen-bond acceptors (Lipinski definition) is 6. The molecule has 2 aliphatic carbocycles. The molecule has 0 aliphatic heterocycles. The Bertz CT molecular complexity index is 1570. The average molecular weight is 546 g/mol. The van der Waals surface area contributed by atoms with Gasteiger partial charge in [0.2, 0.25) is 5.91 Å². The van der Waals surface area contributed by atoms with Crippen LogP contribution in [0.25, 0.3) is 22.1 Å². The summed E-state index contributed by atoms with van der Waals surface area (Å²) in [5.74, 6) is 1.30. The van der Waals surface area contributed by atoms with Crippen LogP contribution in [-0.4, -0.2) is 75.7 Å². The molecule has 4 heterocycles. The molecule has 4 aromatic heterocycles. The number of fused-ring (bicyclic) bond motifs is 3. The lowest BCUT2D eigenvalue weighted by Gasteiger charge is -2.22. The molecule has 40 heavy (non-hydrogen) atoms. The quantitative estimate of drug-likeness (QED) is 0.304. The van der Waals surface area contributed by atoms with Crippen molar-refractivity contribution in [3.05, 3.63) is 29.8 Å². The third-order valence-corrected chi connectivity index (χ3v) is 8.20. The molecule has 1 N–H and O–H groups in total. The molecule has 2 saturated carbocycles. The Labute approximate surface area is 234 Å². The van der Waals surface area contributed by atoms with Gasteiger partial charge in [-0.1, -0.05) is 0 Å². The normalized spacial score (nSPS) is 15.2. The van der Waals surface area contributed by atoms with Gasteiger partial charge in [0, 0.05) is 62.5 Å². The molecule has 2 aliphatic rings. The Balaban J connectivity index is 1.38. The maximum Gasteiger partial charge on any atom is 0.272 e. The van der Waals surface area contributed by atoms with Gasteiger partial charge in [0.25, 0.3) is 5.91 Å². The van der Waals surface area contributed by atoms with E-state index in [1.54, 1.807) is 22.0 Å². The van der Waals surface area contributed by atoms with Crippen molar-refractivity contribution in [2.75, 3.05) is 18.4 Å². The maximum absolute atomic E-state index is 13.4. The number of carbonyl (C=O) groups is 2. The number of aryl methyl sites for hydroxylation is 3. The second-order valence-electron chi connectivity index (χ2n) is 10.9. The van der Waals surface area contributed by atoms with Gasteiger partial charge in [-0.25, -0.2) is 9.97 Å². The van der Waals surface area contributed by atoms with Crippen molar-refractivity contribution in [1.82, 2.24) is 38.7 Å². The van der Waals surface area contributed by atoms with Gasteiger partial charge in [-0.2, -0.15) is 5.10 Å². The molecule has 0 radical (unpaired) electrons. The Morgan fingerprint density at radius 3 is 2.33 bits per heavy atom. The molecule has 0 saturated heterocycles. The van der Waals surface area contributed by atoms with Crippen molar-refractivity contribution in [3.63, 3.8) is 0 Å². The molecular weight excluding hydrogens is 506 g/mol. The zero-order chi connectivity index (χ0) is 28.1. The van der Waals surface area contributed by atoms with E-state index >= 15 is 0 Å². The molecule has 0 bridgehead atoms. The van der Waals surface area contributed by atoms with Crippen molar-refractivity contribution < 1.29 is 9.59 Å². The van der Waals surface area contributed by atoms with Crippen molar-refractivity contribution in [2.45, 2.75) is 85.0 Å². The summed E-state index contributed by atoms with van der Waals surface area (Å²) >= 11 is 0. The smallest absolute Gasteiger partial charge is 0.272 e. The fourth-order valence-electron chi connectivity index (χ4n) is 5.89. The molecule has 11 heteroatoms. The van der Waals surface area contributed by atoms with Crippen LogP contribution in [-0.2, 0) is 31.4 Å². The van der Waals surface area contributed by atoms with Gasteiger partial charge in [-0.15, -0.1) is 0 Å². The van der Waals surface area contributed by atoms with Crippen LogP contribution >= 0.6 is 0 Å². The second kappa shape index (κ2) is 10.3. The fourth-order valence-corrected chi connectivity index (χ4v) is 5.89. The minimum absolute atomic E-state index is 0.0422. The number of pyridine rings is 1. The van der Waals surface area contributed by atoms with Crippen LogP contribution in [0.3, 0.4) is 0 Å². The van der Waals surface area contributed by atoms with E-state index in [0.717, 1.165) is 53.4 Å². The van der Waals surface area contributed by atoms with E-state index in [4.69, 9.17) is 4.98 Å². The highest BCUT2D eigenvalue weighted by Gasteiger charge is 2.42. The first-order chi connectivity index (χ1) is 19.4. The minimum Gasteiger partial charge on any atom is -0.338 e. The van der Waals surface area contributed by atoms with Crippen LogP contribution in [0.4, 0.5) is 11.6 Å². The molecule has 6 rings (SSSR count). The molecule has 2 amide bonds. The van der Waals surface area contributed by atoms with E-state index in [-0.39, 0.29) is 11.8 Å². The first-order valence-corrected chi connectivity index (χ1v) is 14.7. The number of imidazole rings is 1. The van der Waals surface area contributed by atoms with E-state index in [1.165, 1.54) is 0 Å². The molecule has 4 aromatic rings. The number of anilines is 2. The lowest BCUT2D eigenvalue weighted by Crippen LogP contribution is -2.36. The number of amides is 2. The van der Waals surface area contributed by atoms with Crippen LogP contribution in [0.5, 0.6) is 0 Å². The first-order valence-electron chi connectivity index (χ1n) is 14.7. The van der Waals surface area contributed by atoms with Gasteiger partial charge in [0.1, 0.15) is 16.9 Å². The highest BCUT2D eigenvalue weighted by atomic mass is 16.2. The standard InChI is InChI=1S/C29H39N9O2/c1-6-35(7-2)29(40)22-16-23(33-37(22)9-4)31-27-25-26(34(5)17-30-25)21-14-20(36(8-3)28(21)32-27)15-24(39)38(18-10-11-18)19-12-13-19/h14,16-19H,6-13,15H2,1-5H3,(H,31,32,33). The SMILES string of the molecule is CCN(CC)C(=O)c1cc(Nc2nc3c(cc(CC(=O)N(C4CC4)C4CC4)n3CC)c3c2ncn3C)nn1CC. The predicted octanol–water partition coefficient (Wildman–Crippen LogP) is 4.08. The van der Waals surface area contributed by atoms with E-state index in [9.17, 15) is 9.59 Å². The molecule has 2 fully saturated rings. The van der Waals surface area contributed by atoms with Crippen molar-refractivity contribution in [3.8, 4) is 0 Å². The summed E-state index contributed by atoms with van der Waals surface area (Å²) in [5.41, 5.74) is 4.00. The largest absolute Gasteiger partial charge is 0.338 e. The zero-order valence-electron chi connectivity index (χ0n) is 24.1. The summed E-state index contributed by atoms with van der Waals surface area (Å²) < 4.78 is 5.86. The molecule has 0 aromatic carbocycles. The van der Waals surface area contributed by atoms with Crippen LogP contribution in [0.15, 0.2) is 18.5 Å². The highest BCUT2D eigenvalue weighted by molar-refractivity contribution is 6.07. The van der Waals surface area contributed by atoms with E-state index in [1.807, 2.05) is 32.4 Å². The van der Waals surface area contributed by atoms with Crippen LogP contribution < -0.4 is 5.32 Å². The molecule has 11 nitrogen and oxygen atoms in total. The summed E-state index contributed by atoms with van der Waals surface area (Å²) in [6, 6.07) is 4.76. The van der Waals surface area contributed by atoms with Gasteiger partial charge in [-0.05, 0) is 59.4 Å². The van der Waals surface area contributed by atoms with Crippen LogP contribution in [0.2, 0.25) is 0 Å². The highest BCUT2D eigenvalue weighted by Crippen LogP contribution is 2.38. The van der Waals surface area contributed by atoms with Crippen LogP contribution in [0.1, 0.15) is 69.6 Å². The number of nitrogens with one attached hydrogen (secondary N) is 1. The van der Waals surface area contributed by atoms with Gasteiger partial charge in [0.05, 0.1) is 18.3 Å². The lowest BCUT2D eigenvalue weighted by atomic mass is 10.2. The van der Waals surface area contributed by atoms with Gasteiger partial charge >= 0.3 is 0 Å². The summed E-state index contributed by atoms with van der Waals surface area (Å²) in [6.07, 6.45) is 6.66. The molecular formula is C29H39N9O2. The second-order valence-corrected chi connectivity index (χ2v) is 10.9. The minimum atomic E-state index is -0.0422. The number of rotatable bonds is 11. The Hall–Kier alpha value is -3.89. The number of aromatic nitrogens is 6.